The van der Waals surface area contributed by atoms with Gasteiger partial charge in [0.1, 0.15) is 0 Å². The maximum atomic E-state index is 13.5. The standard InChI is InChI=1S/C29H41NO2/c31-26(14-8-7-11-20-9-3-1-4-10-20)28(23-12-5-2-6-13-23)30-29(32)27-24-16-21-15-22(18-24)19-25(27)17-21/h1,3-4,9-10,21-25,27-28H,2,5-8,11-19H2,(H,30,32)/t21?,22?,24?,25?,27?,28-/m0/s1. The van der Waals surface area contributed by atoms with Crippen molar-refractivity contribution in [2.45, 2.75) is 95.9 Å². The van der Waals surface area contributed by atoms with E-state index in [0.29, 0.717) is 30.0 Å². The molecule has 5 aliphatic carbocycles. The molecule has 3 nitrogen and oxygen atoms in total. The molecule has 6 rings (SSSR count). The number of unbranched alkanes of at least 4 members (excludes halogenated alkanes) is 1. The van der Waals surface area contributed by atoms with Crippen LogP contribution in [-0.4, -0.2) is 17.7 Å². The summed E-state index contributed by atoms with van der Waals surface area (Å²) in [6, 6.07) is 10.3. The molecule has 0 aromatic heterocycles. The number of nitrogens with one attached hydrogen (secondary N) is 1. The molecule has 5 aliphatic rings. The molecule has 32 heavy (non-hydrogen) atoms. The minimum atomic E-state index is -0.239. The van der Waals surface area contributed by atoms with Crippen molar-refractivity contribution >= 4 is 11.7 Å². The molecule has 1 atom stereocenters. The zero-order chi connectivity index (χ0) is 21.9. The second-order valence-corrected chi connectivity index (χ2v) is 11.5. The molecule has 0 heterocycles. The van der Waals surface area contributed by atoms with E-state index in [1.165, 1.54) is 56.9 Å². The van der Waals surface area contributed by atoms with Crippen molar-refractivity contribution in [3.05, 3.63) is 35.9 Å². The molecule has 1 aromatic rings. The van der Waals surface area contributed by atoms with Crippen molar-refractivity contribution in [1.29, 1.82) is 0 Å². The van der Waals surface area contributed by atoms with Crippen molar-refractivity contribution in [2.24, 2.45) is 35.5 Å². The SMILES string of the molecule is O=C(N[C@H](C(=O)CCCCc1ccccc1)C1CCCCC1)C1C2CC3CC(C2)CC1C3. The lowest BCUT2D eigenvalue weighted by Gasteiger charge is -2.53. The Bertz CT molecular complexity index is 754. The van der Waals surface area contributed by atoms with Crippen molar-refractivity contribution in [3.8, 4) is 0 Å². The fraction of sp³-hybridized carbons (Fsp3) is 0.724. The fourth-order valence-electron chi connectivity index (χ4n) is 7.96. The minimum Gasteiger partial charge on any atom is -0.346 e. The summed E-state index contributed by atoms with van der Waals surface area (Å²) in [6.07, 6.45) is 15.9. The lowest BCUT2D eigenvalue weighted by Crippen LogP contribution is -2.55. The van der Waals surface area contributed by atoms with E-state index in [9.17, 15) is 9.59 Å². The van der Waals surface area contributed by atoms with Crippen LogP contribution in [0.15, 0.2) is 30.3 Å². The Morgan fingerprint density at radius 3 is 2.16 bits per heavy atom. The van der Waals surface area contributed by atoms with E-state index in [2.05, 4.69) is 29.6 Å². The Hall–Kier alpha value is -1.64. The van der Waals surface area contributed by atoms with Crippen LogP contribution in [0.3, 0.4) is 0 Å². The number of aryl methyl sites for hydroxylation is 1. The number of Topliss-reactive ketones (excluding diaryl/α,β-unsaturated/α-hetero) is 1. The molecule has 0 spiro atoms. The highest BCUT2D eigenvalue weighted by Gasteiger charge is 2.51. The fourth-order valence-corrected chi connectivity index (χ4v) is 7.96. The number of rotatable bonds is 9. The van der Waals surface area contributed by atoms with Gasteiger partial charge in [-0.2, -0.15) is 0 Å². The van der Waals surface area contributed by atoms with E-state index in [4.69, 9.17) is 0 Å². The van der Waals surface area contributed by atoms with Crippen LogP contribution in [0, 0.1) is 35.5 Å². The first-order valence-corrected chi connectivity index (χ1v) is 13.5. The Morgan fingerprint density at radius 2 is 1.50 bits per heavy atom. The Morgan fingerprint density at radius 1 is 0.844 bits per heavy atom. The second kappa shape index (κ2) is 10.1. The molecule has 174 valence electrons. The second-order valence-electron chi connectivity index (χ2n) is 11.5. The quantitative estimate of drug-likeness (QED) is 0.476. The lowest BCUT2D eigenvalue weighted by atomic mass is 9.51. The number of ketones is 1. The number of benzene rings is 1. The van der Waals surface area contributed by atoms with Gasteiger partial charge in [0.2, 0.25) is 5.91 Å². The molecule has 0 aliphatic heterocycles. The van der Waals surface area contributed by atoms with Gasteiger partial charge in [0, 0.05) is 12.3 Å². The summed E-state index contributed by atoms with van der Waals surface area (Å²) < 4.78 is 0. The highest BCUT2D eigenvalue weighted by molar-refractivity contribution is 5.90. The first-order chi connectivity index (χ1) is 15.7. The summed E-state index contributed by atoms with van der Waals surface area (Å²) in [5.41, 5.74) is 1.35. The summed E-state index contributed by atoms with van der Waals surface area (Å²) in [5, 5.41) is 3.38. The summed E-state index contributed by atoms with van der Waals surface area (Å²) >= 11 is 0. The molecular weight excluding hydrogens is 394 g/mol. The predicted octanol–water partition coefficient (Wildman–Crippen LogP) is 6.11. The molecule has 1 aromatic carbocycles. The van der Waals surface area contributed by atoms with E-state index < -0.39 is 0 Å². The molecule has 0 unspecified atom stereocenters. The topological polar surface area (TPSA) is 46.2 Å². The van der Waals surface area contributed by atoms with E-state index in [1.807, 2.05) is 6.07 Å². The number of hydrogen-bond acceptors (Lipinski definition) is 2. The van der Waals surface area contributed by atoms with E-state index in [-0.39, 0.29) is 17.9 Å². The van der Waals surface area contributed by atoms with Crippen LogP contribution >= 0.6 is 0 Å². The maximum Gasteiger partial charge on any atom is 0.224 e. The zero-order valence-corrected chi connectivity index (χ0v) is 19.6. The smallest absolute Gasteiger partial charge is 0.224 e. The van der Waals surface area contributed by atoms with Gasteiger partial charge in [-0.05, 0) is 99.4 Å². The first kappa shape index (κ1) is 22.2. The third-order valence-electron chi connectivity index (χ3n) is 9.28. The Labute approximate surface area is 194 Å². The van der Waals surface area contributed by atoms with Gasteiger partial charge in [0.05, 0.1) is 6.04 Å². The molecule has 5 saturated carbocycles. The average Bonchev–Trinajstić information content (AvgIpc) is 2.81. The van der Waals surface area contributed by atoms with Gasteiger partial charge in [0.25, 0.3) is 0 Å². The van der Waals surface area contributed by atoms with Gasteiger partial charge >= 0.3 is 0 Å². The zero-order valence-electron chi connectivity index (χ0n) is 19.6. The van der Waals surface area contributed by atoms with E-state index >= 15 is 0 Å². The van der Waals surface area contributed by atoms with Crippen LogP contribution in [0.25, 0.3) is 0 Å². The monoisotopic (exact) mass is 435 g/mol. The van der Waals surface area contributed by atoms with Gasteiger partial charge in [-0.1, -0.05) is 49.6 Å². The van der Waals surface area contributed by atoms with E-state index in [0.717, 1.165) is 43.9 Å². The van der Waals surface area contributed by atoms with Crippen molar-refractivity contribution < 1.29 is 9.59 Å². The van der Waals surface area contributed by atoms with Crippen LogP contribution in [0.5, 0.6) is 0 Å². The number of carbonyl (C=O) groups is 2. The average molecular weight is 436 g/mol. The Balaban J connectivity index is 1.19. The summed E-state index contributed by atoms with van der Waals surface area (Å²) in [6.45, 7) is 0. The molecule has 1 amide bonds. The van der Waals surface area contributed by atoms with Gasteiger partial charge < -0.3 is 5.32 Å². The molecule has 1 N–H and O–H groups in total. The Kier molecular flexibility index (Phi) is 6.99. The van der Waals surface area contributed by atoms with Crippen LogP contribution < -0.4 is 5.32 Å². The normalized spacial score (nSPS) is 32.6. The third kappa shape index (κ3) is 4.97. The highest BCUT2D eigenvalue weighted by Crippen LogP contribution is 2.56. The minimum absolute atomic E-state index is 0.180. The molecule has 3 heteroatoms. The van der Waals surface area contributed by atoms with E-state index in [1.54, 1.807) is 0 Å². The van der Waals surface area contributed by atoms with Crippen molar-refractivity contribution in [1.82, 2.24) is 5.32 Å². The van der Waals surface area contributed by atoms with Crippen LogP contribution in [0.2, 0.25) is 0 Å². The highest BCUT2D eigenvalue weighted by atomic mass is 16.2. The first-order valence-electron chi connectivity index (χ1n) is 13.5. The van der Waals surface area contributed by atoms with Gasteiger partial charge in [0.15, 0.2) is 5.78 Å². The summed E-state index contributed by atoms with van der Waals surface area (Å²) in [7, 11) is 0. The molecule has 0 radical (unpaired) electrons. The van der Waals surface area contributed by atoms with Crippen LogP contribution in [0.1, 0.15) is 89.0 Å². The van der Waals surface area contributed by atoms with Gasteiger partial charge in [-0.3, -0.25) is 9.59 Å². The van der Waals surface area contributed by atoms with Crippen molar-refractivity contribution in [3.63, 3.8) is 0 Å². The van der Waals surface area contributed by atoms with Crippen LogP contribution in [-0.2, 0) is 16.0 Å². The van der Waals surface area contributed by atoms with Gasteiger partial charge in [-0.25, -0.2) is 0 Å². The van der Waals surface area contributed by atoms with Crippen molar-refractivity contribution in [2.75, 3.05) is 0 Å². The summed E-state index contributed by atoms with van der Waals surface area (Å²) in [5.74, 6) is 3.97. The largest absolute Gasteiger partial charge is 0.346 e. The predicted molar refractivity (Wildman–Crippen MR) is 128 cm³/mol. The number of carbonyl (C=O) groups excluding carboxylic acids is 2. The maximum absolute atomic E-state index is 13.5. The summed E-state index contributed by atoms with van der Waals surface area (Å²) in [4.78, 5) is 26.9. The molecule has 5 fully saturated rings. The number of hydrogen-bond donors (Lipinski definition) is 1. The molecular formula is C29H41NO2. The van der Waals surface area contributed by atoms with Gasteiger partial charge in [-0.15, -0.1) is 0 Å². The molecule has 0 saturated heterocycles. The number of amides is 1. The lowest BCUT2D eigenvalue weighted by molar-refractivity contribution is -0.141. The molecule has 4 bridgehead atoms. The third-order valence-corrected chi connectivity index (χ3v) is 9.28. The van der Waals surface area contributed by atoms with Crippen LogP contribution in [0.4, 0.5) is 0 Å².